The lowest BCUT2D eigenvalue weighted by atomic mass is 10.2. The highest BCUT2D eigenvalue weighted by molar-refractivity contribution is 5.68. The minimum atomic E-state index is -0.495. The van der Waals surface area contributed by atoms with Gasteiger partial charge in [-0.25, -0.2) is 14.6 Å². The van der Waals surface area contributed by atoms with Gasteiger partial charge in [0.15, 0.2) is 0 Å². The number of rotatable bonds is 5. The Morgan fingerprint density at radius 1 is 1.41 bits per heavy atom. The van der Waals surface area contributed by atoms with E-state index in [1.54, 1.807) is 4.90 Å². The number of hydrogen-bond donors (Lipinski definition) is 0. The molecule has 0 aliphatic heterocycles. The molecular formula is C12H22N2O3. The van der Waals surface area contributed by atoms with E-state index in [1.807, 2.05) is 34.6 Å². The van der Waals surface area contributed by atoms with Gasteiger partial charge < -0.3 is 9.64 Å². The summed E-state index contributed by atoms with van der Waals surface area (Å²) in [4.78, 5) is 26.9. The predicted octanol–water partition coefficient (Wildman–Crippen LogP) is 2.36. The van der Waals surface area contributed by atoms with Crippen molar-refractivity contribution in [1.82, 2.24) is 4.90 Å². The third-order valence-corrected chi connectivity index (χ3v) is 1.98. The maximum Gasteiger partial charge on any atom is 0.410 e. The Morgan fingerprint density at radius 3 is 2.41 bits per heavy atom. The largest absolute Gasteiger partial charge is 0.444 e. The maximum absolute atomic E-state index is 11.9. The maximum atomic E-state index is 11.9. The number of aliphatic imine (C=N–C) groups is 1. The van der Waals surface area contributed by atoms with Gasteiger partial charge in [-0.2, -0.15) is 0 Å². The van der Waals surface area contributed by atoms with E-state index < -0.39 is 5.60 Å². The van der Waals surface area contributed by atoms with E-state index in [4.69, 9.17) is 4.74 Å². The fourth-order valence-electron chi connectivity index (χ4n) is 1.25. The molecule has 0 saturated heterocycles. The molecular weight excluding hydrogens is 220 g/mol. The minimum Gasteiger partial charge on any atom is -0.444 e. The summed E-state index contributed by atoms with van der Waals surface area (Å²) < 4.78 is 5.30. The van der Waals surface area contributed by atoms with Crippen LogP contribution in [0.25, 0.3) is 0 Å². The summed E-state index contributed by atoms with van der Waals surface area (Å²) in [7, 11) is 0. The number of isocyanates is 1. The van der Waals surface area contributed by atoms with Gasteiger partial charge in [-0.15, -0.1) is 0 Å². The van der Waals surface area contributed by atoms with E-state index in [9.17, 15) is 9.59 Å². The lowest BCUT2D eigenvalue weighted by molar-refractivity contribution is 0.0190. The van der Waals surface area contributed by atoms with E-state index in [0.29, 0.717) is 19.5 Å². The van der Waals surface area contributed by atoms with Gasteiger partial charge >= 0.3 is 6.09 Å². The van der Waals surface area contributed by atoms with Crippen LogP contribution in [-0.4, -0.2) is 41.8 Å². The van der Waals surface area contributed by atoms with Crippen molar-refractivity contribution >= 4 is 12.2 Å². The average Bonchev–Trinajstić information content (AvgIpc) is 2.14. The van der Waals surface area contributed by atoms with Crippen molar-refractivity contribution in [3.8, 4) is 0 Å². The minimum absolute atomic E-state index is 0.0602. The summed E-state index contributed by atoms with van der Waals surface area (Å²) in [6.07, 6.45) is 1.78. The lowest BCUT2D eigenvalue weighted by Gasteiger charge is -2.29. The van der Waals surface area contributed by atoms with E-state index in [0.717, 1.165) is 0 Å². The zero-order valence-corrected chi connectivity index (χ0v) is 11.3. The first kappa shape index (κ1) is 15.7. The van der Waals surface area contributed by atoms with Crippen molar-refractivity contribution in [2.75, 3.05) is 13.1 Å². The summed E-state index contributed by atoms with van der Waals surface area (Å²) in [6, 6.07) is 0.0602. The molecule has 0 spiro atoms. The molecule has 0 radical (unpaired) electrons. The second kappa shape index (κ2) is 7.07. The number of hydrogen-bond acceptors (Lipinski definition) is 4. The number of nitrogens with zero attached hydrogens (tertiary/aromatic N) is 2. The van der Waals surface area contributed by atoms with Crippen LogP contribution in [0.1, 0.15) is 41.0 Å². The molecule has 0 heterocycles. The summed E-state index contributed by atoms with van der Waals surface area (Å²) in [6.45, 7) is 10.3. The molecule has 0 unspecified atom stereocenters. The topological polar surface area (TPSA) is 59.0 Å². The molecule has 0 fully saturated rings. The Labute approximate surface area is 103 Å². The highest BCUT2D eigenvalue weighted by Gasteiger charge is 2.23. The van der Waals surface area contributed by atoms with E-state index in [2.05, 4.69) is 4.99 Å². The van der Waals surface area contributed by atoms with Crippen molar-refractivity contribution < 1.29 is 14.3 Å². The summed E-state index contributed by atoms with van der Waals surface area (Å²) in [5.41, 5.74) is -0.495. The van der Waals surface area contributed by atoms with Crippen LogP contribution in [0.15, 0.2) is 4.99 Å². The molecule has 0 atom stereocenters. The summed E-state index contributed by atoms with van der Waals surface area (Å²) >= 11 is 0. The monoisotopic (exact) mass is 242 g/mol. The quantitative estimate of drug-likeness (QED) is 0.422. The van der Waals surface area contributed by atoms with Crippen molar-refractivity contribution in [2.45, 2.75) is 52.7 Å². The molecule has 0 saturated carbocycles. The van der Waals surface area contributed by atoms with Crippen LogP contribution in [0.2, 0.25) is 0 Å². The zero-order valence-electron chi connectivity index (χ0n) is 11.3. The van der Waals surface area contributed by atoms with Gasteiger partial charge in [0.2, 0.25) is 6.08 Å². The number of ether oxygens (including phenoxy) is 1. The van der Waals surface area contributed by atoms with Crippen LogP contribution in [-0.2, 0) is 9.53 Å². The zero-order chi connectivity index (χ0) is 13.5. The Morgan fingerprint density at radius 2 is 2.00 bits per heavy atom. The van der Waals surface area contributed by atoms with Gasteiger partial charge in [-0.3, -0.25) is 0 Å². The van der Waals surface area contributed by atoms with Gasteiger partial charge in [-0.05, 0) is 41.0 Å². The number of carbonyl (C=O) groups is 1. The molecule has 98 valence electrons. The van der Waals surface area contributed by atoms with Gasteiger partial charge in [0.05, 0.1) is 6.54 Å². The van der Waals surface area contributed by atoms with Crippen LogP contribution >= 0.6 is 0 Å². The molecule has 0 aromatic carbocycles. The Bertz CT molecular complexity index is 289. The molecule has 5 nitrogen and oxygen atoms in total. The third kappa shape index (κ3) is 7.53. The Balaban J connectivity index is 4.32. The first-order chi connectivity index (χ1) is 7.78. The SMILES string of the molecule is CC(C)N(CCCN=C=O)C(=O)OC(C)(C)C. The van der Waals surface area contributed by atoms with E-state index >= 15 is 0 Å². The third-order valence-electron chi connectivity index (χ3n) is 1.98. The van der Waals surface area contributed by atoms with Crippen molar-refractivity contribution in [2.24, 2.45) is 4.99 Å². The first-order valence-electron chi connectivity index (χ1n) is 5.81. The normalized spacial score (nSPS) is 10.9. The smallest absolute Gasteiger partial charge is 0.410 e. The van der Waals surface area contributed by atoms with Gasteiger partial charge in [-0.1, -0.05) is 0 Å². The van der Waals surface area contributed by atoms with Crippen LogP contribution in [0.4, 0.5) is 4.79 Å². The molecule has 0 N–H and O–H groups in total. The van der Waals surface area contributed by atoms with Gasteiger partial charge in [0.25, 0.3) is 0 Å². The van der Waals surface area contributed by atoms with Crippen molar-refractivity contribution in [3.05, 3.63) is 0 Å². The first-order valence-corrected chi connectivity index (χ1v) is 5.81. The second-order valence-corrected chi connectivity index (χ2v) is 5.09. The number of carbonyl (C=O) groups excluding carboxylic acids is 2. The van der Waals surface area contributed by atoms with Crippen molar-refractivity contribution in [1.29, 1.82) is 0 Å². The molecule has 0 rings (SSSR count). The number of amides is 1. The Kier molecular flexibility index (Phi) is 6.51. The molecule has 0 aromatic rings. The second-order valence-electron chi connectivity index (χ2n) is 5.09. The highest BCUT2D eigenvalue weighted by atomic mass is 16.6. The molecule has 0 aliphatic carbocycles. The molecule has 0 aliphatic rings. The lowest BCUT2D eigenvalue weighted by Crippen LogP contribution is -2.41. The molecule has 17 heavy (non-hydrogen) atoms. The fraction of sp³-hybridized carbons (Fsp3) is 0.833. The summed E-state index contributed by atoms with van der Waals surface area (Å²) in [5, 5.41) is 0. The van der Waals surface area contributed by atoms with Crippen LogP contribution in [0.3, 0.4) is 0 Å². The van der Waals surface area contributed by atoms with Crippen LogP contribution < -0.4 is 0 Å². The van der Waals surface area contributed by atoms with Crippen LogP contribution in [0.5, 0.6) is 0 Å². The van der Waals surface area contributed by atoms with E-state index in [1.165, 1.54) is 6.08 Å². The predicted molar refractivity (Wildman–Crippen MR) is 65.7 cm³/mol. The average molecular weight is 242 g/mol. The molecule has 0 aromatic heterocycles. The summed E-state index contributed by atoms with van der Waals surface area (Å²) in [5.74, 6) is 0. The van der Waals surface area contributed by atoms with Gasteiger partial charge in [0.1, 0.15) is 5.60 Å². The highest BCUT2D eigenvalue weighted by Crippen LogP contribution is 2.12. The van der Waals surface area contributed by atoms with Gasteiger partial charge in [0, 0.05) is 12.6 Å². The molecule has 1 amide bonds. The van der Waals surface area contributed by atoms with Crippen molar-refractivity contribution in [3.63, 3.8) is 0 Å². The molecule has 5 heteroatoms. The van der Waals surface area contributed by atoms with Crippen LogP contribution in [0, 0.1) is 0 Å². The standard InChI is InChI=1S/C12H22N2O3/c1-10(2)14(8-6-7-13-9-15)11(16)17-12(3,4)5/h10H,6-8H2,1-5H3. The Hall–Kier alpha value is -1.35. The van der Waals surface area contributed by atoms with E-state index in [-0.39, 0.29) is 12.1 Å². The molecule has 0 bridgehead atoms. The fourth-order valence-corrected chi connectivity index (χ4v) is 1.25.